The topological polar surface area (TPSA) is 50.2 Å². The number of imidazole rings is 1. The molecule has 0 radical (unpaired) electrons. The van der Waals surface area contributed by atoms with Gasteiger partial charge in [0.05, 0.1) is 6.33 Å². The molecule has 1 amide bonds. The Morgan fingerprint density at radius 3 is 2.82 bits per heavy atom. The Morgan fingerprint density at radius 1 is 1.59 bits per heavy atom. The number of piperidine rings is 1. The number of aryl methyl sites for hydroxylation is 1. The van der Waals surface area contributed by atoms with Gasteiger partial charge in [-0.2, -0.15) is 0 Å². The molecule has 1 saturated heterocycles. The highest BCUT2D eigenvalue weighted by Gasteiger charge is 2.25. The van der Waals surface area contributed by atoms with E-state index >= 15 is 0 Å². The van der Waals surface area contributed by atoms with E-state index < -0.39 is 0 Å². The summed E-state index contributed by atoms with van der Waals surface area (Å²) in [5.74, 6) is 0.0556. The number of hydrogen-bond acceptors (Lipinski definition) is 3. The van der Waals surface area contributed by atoms with Crippen LogP contribution < -0.4 is 5.32 Å². The molecule has 0 bridgehead atoms. The van der Waals surface area contributed by atoms with E-state index in [4.69, 9.17) is 0 Å². The van der Waals surface area contributed by atoms with Crippen LogP contribution in [0.2, 0.25) is 0 Å². The standard InChI is InChI=1S/C12H20N4O/c1-3-16(10-4-6-13-7-5-10)12(17)11-8-15(2)9-14-11/h8-10,13H,3-7H2,1-2H3. The summed E-state index contributed by atoms with van der Waals surface area (Å²) in [6, 6.07) is 0.357. The Hall–Kier alpha value is -1.36. The maximum atomic E-state index is 12.3. The average Bonchev–Trinajstić information content (AvgIpc) is 2.78. The SMILES string of the molecule is CCN(C(=O)c1cn(C)cn1)C1CCNCC1. The van der Waals surface area contributed by atoms with Crippen molar-refractivity contribution in [1.82, 2.24) is 19.8 Å². The predicted octanol–water partition coefficient (Wildman–Crippen LogP) is 0.634. The van der Waals surface area contributed by atoms with Crippen molar-refractivity contribution in [3.05, 3.63) is 18.2 Å². The fourth-order valence-electron chi connectivity index (χ4n) is 2.36. The van der Waals surface area contributed by atoms with Gasteiger partial charge in [0.1, 0.15) is 5.69 Å². The predicted molar refractivity (Wildman–Crippen MR) is 65.8 cm³/mol. The van der Waals surface area contributed by atoms with Crippen LogP contribution in [0.15, 0.2) is 12.5 Å². The highest BCUT2D eigenvalue weighted by atomic mass is 16.2. The fraction of sp³-hybridized carbons (Fsp3) is 0.667. The van der Waals surface area contributed by atoms with Crippen LogP contribution in [0.5, 0.6) is 0 Å². The Morgan fingerprint density at radius 2 is 2.29 bits per heavy atom. The van der Waals surface area contributed by atoms with E-state index in [-0.39, 0.29) is 5.91 Å². The lowest BCUT2D eigenvalue weighted by molar-refractivity contribution is 0.0650. The third-order valence-corrected chi connectivity index (χ3v) is 3.27. The largest absolute Gasteiger partial charge is 0.340 e. The summed E-state index contributed by atoms with van der Waals surface area (Å²) < 4.78 is 1.81. The van der Waals surface area contributed by atoms with Crippen LogP contribution in [0, 0.1) is 0 Å². The molecule has 1 aliphatic rings. The normalized spacial score (nSPS) is 17.1. The van der Waals surface area contributed by atoms with Crippen LogP contribution in [0.4, 0.5) is 0 Å². The number of carbonyl (C=O) groups is 1. The highest BCUT2D eigenvalue weighted by molar-refractivity contribution is 5.92. The molecule has 1 fully saturated rings. The third kappa shape index (κ3) is 2.66. The Balaban J connectivity index is 2.09. The Kier molecular flexibility index (Phi) is 3.78. The maximum Gasteiger partial charge on any atom is 0.274 e. The van der Waals surface area contributed by atoms with E-state index in [0.717, 1.165) is 32.5 Å². The summed E-state index contributed by atoms with van der Waals surface area (Å²) in [4.78, 5) is 18.4. The van der Waals surface area contributed by atoms with Gasteiger partial charge in [-0.25, -0.2) is 4.98 Å². The van der Waals surface area contributed by atoms with Crippen molar-refractivity contribution in [2.24, 2.45) is 7.05 Å². The molecule has 5 nitrogen and oxygen atoms in total. The van der Waals surface area contributed by atoms with Crippen LogP contribution in [0.25, 0.3) is 0 Å². The molecule has 0 aromatic carbocycles. The minimum absolute atomic E-state index is 0.0556. The third-order valence-electron chi connectivity index (χ3n) is 3.27. The van der Waals surface area contributed by atoms with Crippen molar-refractivity contribution in [2.75, 3.05) is 19.6 Å². The second-order valence-corrected chi connectivity index (χ2v) is 4.50. The van der Waals surface area contributed by atoms with E-state index in [1.165, 1.54) is 0 Å². The summed E-state index contributed by atoms with van der Waals surface area (Å²) in [7, 11) is 1.88. The number of aromatic nitrogens is 2. The molecule has 1 aromatic heterocycles. The Bertz CT molecular complexity index is 382. The van der Waals surface area contributed by atoms with Crippen LogP contribution in [-0.2, 0) is 7.05 Å². The number of nitrogens with one attached hydrogen (secondary N) is 1. The fourth-order valence-corrected chi connectivity index (χ4v) is 2.36. The molecule has 0 unspecified atom stereocenters. The summed E-state index contributed by atoms with van der Waals surface area (Å²) in [6.45, 7) is 4.77. The zero-order valence-electron chi connectivity index (χ0n) is 10.5. The molecule has 2 rings (SSSR count). The second kappa shape index (κ2) is 5.31. The monoisotopic (exact) mass is 236 g/mol. The van der Waals surface area contributed by atoms with Gasteiger partial charge in [-0.15, -0.1) is 0 Å². The minimum Gasteiger partial charge on any atom is -0.340 e. The second-order valence-electron chi connectivity index (χ2n) is 4.50. The first-order chi connectivity index (χ1) is 8.22. The number of amides is 1. The molecule has 0 saturated carbocycles. The van der Waals surface area contributed by atoms with Crippen LogP contribution >= 0.6 is 0 Å². The van der Waals surface area contributed by atoms with Crippen LogP contribution in [0.1, 0.15) is 30.3 Å². The number of hydrogen-bond donors (Lipinski definition) is 1. The maximum absolute atomic E-state index is 12.3. The zero-order chi connectivity index (χ0) is 12.3. The van der Waals surface area contributed by atoms with Gasteiger partial charge in [0, 0.05) is 25.8 Å². The average molecular weight is 236 g/mol. The van der Waals surface area contributed by atoms with Crippen molar-refractivity contribution in [3.8, 4) is 0 Å². The van der Waals surface area contributed by atoms with Crippen molar-refractivity contribution < 1.29 is 4.79 Å². The van der Waals surface area contributed by atoms with Crippen LogP contribution in [-0.4, -0.2) is 46.0 Å². The van der Waals surface area contributed by atoms with E-state index in [1.54, 1.807) is 12.5 Å². The molecule has 0 atom stereocenters. The van der Waals surface area contributed by atoms with E-state index in [0.29, 0.717) is 11.7 Å². The first kappa shape index (κ1) is 12.1. The molecular formula is C12H20N4O. The number of rotatable bonds is 3. The first-order valence-electron chi connectivity index (χ1n) is 6.22. The van der Waals surface area contributed by atoms with Gasteiger partial charge in [-0.3, -0.25) is 4.79 Å². The lowest BCUT2D eigenvalue weighted by Crippen LogP contribution is -2.46. The van der Waals surface area contributed by atoms with Crippen LogP contribution in [0.3, 0.4) is 0 Å². The molecule has 17 heavy (non-hydrogen) atoms. The van der Waals surface area contributed by atoms with E-state index in [9.17, 15) is 4.79 Å². The molecule has 94 valence electrons. The number of nitrogens with zero attached hydrogens (tertiary/aromatic N) is 3. The van der Waals surface area contributed by atoms with E-state index in [1.807, 2.05) is 23.4 Å². The van der Waals surface area contributed by atoms with Crippen molar-refractivity contribution in [2.45, 2.75) is 25.8 Å². The van der Waals surface area contributed by atoms with Gasteiger partial charge in [-0.05, 0) is 32.9 Å². The van der Waals surface area contributed by atoms with Gasteiger partial charge < -0.3 is 14.8 Å². The van der Waals surface area contributed by atoms with Gasteiger partial charge in [-0.1, -0.05) is 0 Å². The summed E-state index contributed by atoms with van der Waals surface area (Å²) in [6.07, 6.45) is 5.52. The lowest BCUT2D eigenvalue weighted by atomic mass is 10.0. The van der Waals surface area contributed by atoms with Crippen molar-refractivity contribution in [1.29, 1.82) is 0 Å². The molecule has 0 aliphatic carbocycles. The Labute approximate surface area is 102 Å². The molecular weight excluding hydrogens is 216 g/mol. The molecule has 2 heterocycles. The van der Waals surface area contributed by atoms with E-state index in [2.05, 4.69) is 10.3 Å². The smallest absolute Gasteiger partial charge is 0.274 e. The summed E-state index contributed by atoms with van der Waals surface area (Å²) >= 11 is 0. The molecule has 1 aliphatic heterocycles. The van der Waals surface area contributed by atoms with Gasteiger partial charge in [0.2, 0.25) is 0 Å². The lowest BCUT2D eigenvalue weighted by Gasteiger charge is -2.33. The quantitative estimate of drug-likeness (QED) is 0.837. The number of carbonyl (C=O) groups excluding carboxylic acids is 1. The molecule has 1 N–H and O–H groups in total. The zero-order valence-corrected chi connectivity index (χ0v) is 10.5. The highest BCUT2D eigenvalue weighted by Crippen LogP contribution is 2.14. The van der Waals surface area contributed by atoms with Crippen molar-refractivity contribution in [3.63, 3.8) is 0 Å². The first-order valence-corrected chi connectivity index (χ1v) is 6.22. The summed E-state index contributed by atoms with van der Waals surface area (Å²) in [5, 5.41) is 3.32. The van der Waals surface area contributed by atoms with Gasteiger partial charge >= 0.3 is 0 Å². The van der Waals surface area contributed by atoms with Gasteiger partial charge in [0.25, 0.3) is 5.91 Å². The minimum atomic E-state index is 0.0556. The molecule has 1 aromatic rings. The summed E-state index contributed by atoms with van der Waals surface area (Å²) in [5.41, 5.74) is 0.549. The molecule has 0 spiro atoms. The van der Waals surface area contributed by atoms with Gasteiger partial charge in [0.15, 0.2) is 0 Å². The van der Waals surface area contributed by atoms with Crippen molar-refractivity contribution >= 4 is 5.91 Å². The molecule has 5 heteroatoms.